The smallest absolute Gasteiger partial charge is 0.245 e. The second-order valence-corrected chi connectivity index (χ2v) is 8.76. The molecule has 0 unspecified atom stereocenters. The summed E-state index contributed by atoms with van der Waals surface area (Å²) in [5.74, 6) is 3.29. The summed E-state index contributed by atoms with van der Waals surface area (Å²) in [6.07, 6.45) is 13.8. The molecule has 0 heterocycles. The van der Waals surface area contributed by atoms with Gasteiger partial charge in [0.1, 0.15) is 31.4 Å². The monoisotopic (exact) mass is 465 g/mol. The van der Waals surface area contributed by atoms with Crippen molar-refractivity contribution < 1.29 is 23.5 Å². The Morgan fingerprint density at radius 3 is 2.09 bits per heavy atom. The van der Waals surface area contributed by atoms with Gasteiger partial charge in [-0.05, 0) is 54.7 Å². The number of hydrogen-bond donors (Lipinski definition) is 0. The normalized spacial score (nSPS) is 18.2. The first-order valence-electron chi connectivity index (χ1n) is 11.4. The molecule has 2 aliphatic rings. The second kappa shape index (κ2) is 11.1. The Labute approximate surface area is 203 Å². The van der Waals surface area contributed by atoms with Crippen molar-refractivity contribution in [2.24, 2.45) is 0 Å². The molecule has 1 aromatic carbocycles. The van der Waals surface area contributed by atoms with Crippen molar-refractivity contribution in [2.45, 2.75) is 19.3 Å². The topological polar surface area (TPSA) is 43.2 Å². The molecule has 0 bridgehead atoms. The number of hydrogen-bond acceptors (Lipinski definition) is 5. The zero-order chi connectivity index (χ0) is 24.8. The highest BCUT2D eigenvalue weighted by Crippen LogP contribution is 2.37. The zero-order valence-electron chi connectivity index (χ0n) is 21.7. The van der Waals surface area contributed by atoms with Gasteiger partial charge in [-0.2, -0.15) is 0 Å². The van der Waals surface area contributed by atoms with Crippen molar-refractivity contribution in [3.8, 4) is 11.5 Å². The Bertz CT molecular complexity index is 1110. The fraction of sp³-hybridized carbons (Fsp3) is 0.393. The third-order valence-electron chi connectivity index (χ3n) is 6.01. The van der Waals surface area contributed by atoms with Crippen LogP contribution in [0.2, 0.25) is 0 Å². The summed E-state index contributed by atoms with van der Waals surface area (Å²) in [7, 11) is 14.8. The summed E-state index contributed by atoms with van der Waals surface area (Å²) >= 11 is 0. The molecule has 0 spiro atoms. The summed E-state index contributed by atoms with van der Waals surface area (Å²) in [5.41, 5.74) is 6.49. The van der Waals surface area contributed by atoms with Crippen molar-refractivity contribution in [1.82, 2.24) is 0 Å². The van der Waals surface area contributed by atoms with E-state index in [-0.39, 0.29) is 0 Å². The van der Waals surface area contributed by atoms with Gasteiger partial charge in [0.2, 0.25) is 5.71 Å². The lowest BCUT2D eigenvalue weighted by atomic mass is 9.91. The van der Waals surface area contributed by atoms with Gasteiger partial charge in [0.05, 0.1) is 40.2 Å². The lowest BCUT2D eigenvalue weighted by molar-refractivity contribution is -0.464. The highest BCUT2D eigenvalue weighted by molar-refractivity contribution is 6.06. The molecule has 1 aromatic rings. The summed E-state index contributed by atoms with van der Waals surface area (Å²) in [6.45, 7) is 0. The van der Waals surface area contributed by atoms with Crippen molar-refractivity contribution >= 4 is 17.5 Å². The molecule has 0 fully saturated rings. The first kappa shape index (κ1) is 25.2. The van der Waals surface area contributed by atoms with Gasteiger partial charge in [-0.15, -0.1) is 0 Å². The molecular formula is C28H37N2O4+. The van der Waals surface area contributed by atoms with E-state index in [1.807, 2.05) is 62.0 Å². The minimum atomic E-state index is 0.821. The van der Waals surface area contributed by atoms with Gasteiger partial charge in [0.15, 0.2) is 5.76 Å². The van der Waals surface area contributed by atoms with Crippen LogP contribution >= 0.6 is 0 Å². The molecule has 0 saturated heterocycles. The lowest BCUT2D eigenvalue weighted by Crippen LogP contribution is -2.19. The number of anilines is 1. The Balaban J connectivity index is 2.01. The first-order chi connectivity index (χ1) is 16.3. The van der Waals surface area contributed by atoms with E-state index in [2.05, 4.69) is 18.2 Å². The van der Waals surface area contributed by atoms with Crippen LogP contribution in [0.4, 0.5) is 5.69 Å². The van der Waals surface area contributed by atoms with Crippen LogP contribution in [0.3, 0.4) is 0 Å². The van der Waals surface area contributed by atoms with E-state index < -0.39 is 0 Å². The second-order valence-electron chi connectivity index (χ2n) is 8.76. The van der Waals surface area contributed by atoms with E-state index in [9.17, 15) is 0 Å². The molecule has 0 saturated carbocycles. The van der Waals surface area contributed by atoms with Crippen LogP contribution in [0.5, 0.6) is 11.5 Å². The maximum atomic E-state index is 5.70. The minimum Gasteiger partial charge on any atom is -0.496 e. The Kier molecular flexibility index (Phi) is 8.26. The molecule has 0 atom stereocenters. The van der Waals surface area contributed by atoms with Crippen LogP contribution in [-0.2, 0) is 9.47 Å². The maximum Gasteiger partial charge on any atom is 0.245 e. The molecule has 6 heteroatoms. The average Bonchev–Trinajstić information content (AvgIpc) is 2.83. The van der Waals surface area contributed by atoms with E-state index in [1.165, 1.54) is 11.1 Å². The Morgan fingerprint density at radius 2 is 1.50 bits per heavy atom. The van der Waals surface area contributed by atoms with Crippen LogP contribution in [-0.4, -0.2) is 66.9 Å². The molecule has 0 radical (unpaired) electrons. The van der Waals surface area contributed by atoms with Crippen LogP contribution in [0.25, 0.3) is 6.08 Å². The predicted octanol–water partition coefficient (Wildman–Crippen LogP) is 4.98. The SMILES string of the molecule is COC1=C/C(=C\C2=CC(=C/c3cc(OC)c(N(C)C)cc3OC)/CCC2)C(OC)=CC1=[N+](C)C. The number of allylic oxidation sites excluding steroid dienone is 6. The van der Waals surface area contributed by atoms with E-state index in [0.717, 1.165) is 64.8 Å². The highest BCUT2D eigenvalue weighted by atomic mass is 16.5. The van der Waals surface area contributed by atoms with Gasteiger partial charge in [-0.1, -0.05) is 6.08 Å². The molecule has 182 valence electrons. The molecule has 34 heavy (non-hydrogen) atoms. The summed E-state index contributed by atoms with van der Waals surface area (Å²) in [6, 6.07) is 4.06. The molecule has 0 aliphatic heterocycles. The lowest BCUT2D eigenvalue weighted by Gasteiger charge is -2.20. The third kappa shape index (κ3) is 5.56. The number of rotatable bonds is 7. The van der Waals surface area contributed by atoms with E-state index in [4.69, 9.17) is 18.9 Å². The predicted molar refractivity (Wildman–Crippen MR) is 139 cm³/mol. The Morgan fingerprint density at radius 1 is 0.794 bits per heavy atom. The van der Waals surface area contributed by atoms with Crippen LogP contribution < -0.4 is 14.4 Å². The number of ether oxygens (including phenoxy) is 4. The molecule has 0 aromatic heterocycles. The molecule has 0 amide bonds. The van der Waals surface area contributed by atoms with Gasteiger partial charge in [0.25, 0.3) is 0 Å². The van der Waals surface area contributed by atoms with Gasteiger partial charge >= 0.3 is 0 Å². The fourth-order valence-corrected chi connectivity index (χ4v) is 4.24. The maximum absolute atomic E-state index is 5.70. The summed E-state index contributed by atoms with van der Waals surface area (Å²) in [4.78, 5) is 2.02. The molecule has 2 aliphatic carbocycles. The number of nitrogens with zero attached hydrogens (tertiary/aromatic N) is 2. The van der Waals surface area contributed by atoms with Crippen LogP contribution in [0.1, 0.15) is 24.8 Å². The van der Waals surface area contributed by atoms with Crippen molar-refractivity contribution in [1.29, 1.82) is 0 Å². The van der Waals surface area contributed by atoms with Gasteiger partial charge in [0, 0.05) is 31.3 Å². The molecule has 0 N–H and O–H groups in total. The number of methoxy groups -OCH3 is 4. The van der Waals surface area contributed by atoms with Crippen LogP contribution in [0.15, 0.2) is 64.7 Å². The zero-order valence-corrected chi connectivity index (χ0v) is 21.7. The quantitative estimate of drug-likeness (QED) is 0.532. The van der Waals surface area contributed by atoms with Crippen molar-refractivity contribution in [3.05, 3.63) is 70.2 Å². The van der Waals surface area contributed by atoms with E-state index in [0.29, 0.717) is 0 Å². The summed E-state index contributed by atoms with van der Waals surface area (Å²) in [5, 5.41) is 0. The molecule has 3 rings (SSSR count). The summed E-state index contributed by atoms with van der Waals surface area (Å²) < 4.78 is 24.7. The van der Waals surface area contributed by atoms with Gasteiger partial charge < -0.3 is 23.8 Å². The Hall–Kier alpha value is -3.41. The van der Waals surface area contributed by atoms with E-state index in [1.54, 1.807) is 28.4 Å². The highest BCUT2D eigenvalue weighted by Gasteiger charge is 2.23. The largest absolute Gasteiger partial charge is 0.496 e. The van der Waals surface area contributed by atoms with Crippen molar-refractivity contribution in [2.75, 3.05) is 61.5 Å². The van der Waals surface area contributed by atoms with Crippen LogP contribution in [0, 0.1) is 0 Å². The fourth-order valence-electron chi connectivity index (χ4n) is 4.24. The first-order valence-corrected chi connectivity index (χ1v) is 11.4. The van der Waals surface area contributed by atoms with E-state index >= 15 is 0 Å². The molecule has 6 nitrogen and oxygen atoms in total. The third-order valence-corrected chi connectivity index (χ3v) is 6.01. The molecular weight excluding hydrogens is 428 g/mol. The number of benzene rings is 1. The van der Waals surface area contributed by atoms with Crippen molar-refractivity contribution in [3.63, 3.8) is 0 Å². The van der Waals surface area contributed by atoms with Gasteiger partial charge in [-0.3, -0.25) is 0 Å². The average molecular weight is 466 g/mol. The standard InChI is InChI=1S/C28H37N2O4/c1-29(2)23-17-25(31-5)21(15-27(23)33-7)13-19-10-9-11-20(12-19)14-22-16-28(34-8)24(30(3)4)18-26(22)32-6/h12-18H,9-11H2,1-8H3/q+1. The minimum absolute atomic E-state index is 0.821. The van der Waals surface area contributed by atoms with Gasteiger partial charge in [-0.25, -0.2) is 4.58 Å².